The number of hydrogen-bond donors (Lipinski definition) is 3. The van der Waals surface area contributed by atoms with Crippen LogP contribution in [0.1, 0.15) is 22.8 Å². The van der Waals surface area contributed by atoms with E-state index in [2.05, 4.69) is 0 Å². The molecule has 7 heteroatoms. The summed E-state index contributed by atoms with van der Waals surface area (Å²) in [6.07, 6.45) is -3.03. The van der Waals surface area contributed by atoms with Gasteiger partial charge < -0.3 is 29.5 Å². The summed E-state index contributed by atoms with van der Waals surface area (Å²) in [6, 6.07) is 20.7. The Balaban J connectivity index is 1.71. The predicted molar refractivity (Wildman–Crippen MR) is 116 cm³/mol. The molecular weight excluding hydrogens is 412 g/mol. The van der Waals surface area contributed by atoms with Crippen LogP contribution in [0.25, 0.3) is 5.57 Å². The Morgan fingerprint density at radius 3 is 2.28 bits per heavy atom. The molecule has 0 bridgehead atoms. The van der Waals surface area contributed by atoms with E-state index in [1.54, 1.807) is 30.3 Å². The largest absolute Gasteiger partial charge is 0.507 e. The molecule has 0 saturated heterocycles. The number of phenols is 1. The molecule has 3 N–H and O–H groups in total. The number of carbonyl (C=O) groups excluding carboxylic acids is 1. The Kier molecular flexibility index (Phi) is 6.00. The number of benzene rings is 3. The minimum absolute atomic E-state index is 0.0382. The summed E-state index contributed by atoms with van der Waals surface area (Å²) >= 11 is 0. The zero-order valence-electron chi connectivity index (χ0n) is 17.3. The van der Waals surface area contributed by atoms with Crippen molar-refractivity contribution in [1.82, 2.24) is 0 Å². The molecule has 0 spiro atoms. The van der Waals surface area contributed by atoms with Crippen LogP contribution in [0.15, 0.2) is 78.6 Å². The van der Waals surface area contributed by atoms with Gasteiger partial charge in [0, 0.05) is 0 Å². The van der Waals surface area contributed by atoms with Gasteiger partial charge in [0.15, 0.2) is 23.4 Å². The number of aliphatic hydroxyl groups is 2. The zero-order valence-corrected chi connectivity index (χ0v) is 17.3. The standard InChI is InChI=1S/C25H22O7/c1-30-18-13-12-17(26)20(23(18)31-14-15-8-4-2-5-9-15)22(28)24-21(27)19(25(29)32-24)16-10-6-3-7-11-16/h2-13,22,24,26-28H,14H2,1H3. The summed E-state index contributed by atoms with van der Waals surface area (Å²) in [5, 5.41) is 32.4. The van der Waals surface area contributed by atoms with Crippen molar-refractivity contribution in [1.29, 1.82) is 0 Å². The van der Waals surface area contributed by atoms with Gasteiger partial charge in [-0.3, -0.25) is 0 Å². The van der Waals surface area contributed by atoms with Crippen LogP contribution in [0.5, 0.6) is 17.2 Å². The number of carbonyl (C=O) groups is 1. The minimum Gasteiger partial charge on any atom is -0.507 e. The summed E-state index contributed by atoms with van der Waals surface area (Å²) in [7, 11) is 1.43. The third kappa shape index (κ3) is 3.98. The van der Waals surface area contributed by atoms with E-state index in [4.69, 9.17) is 14.2 Å². The highest BCUT2D eigenvalue weighted by molar-refractivity contribution is 6.19. The molecule has 3 aromatic carbocycles. The summed E-state index contributed by atoms with van der Waals surface area (Å²) in [5.41, 5.74) is 1.22. The van der Waals surface area contributed by atoms with Crippen LogP contribution in [-0.4, -0.2) is 34.5 Å². The van der Waals surface area contributed by atoms with Crippen LogP contribution in [-0.2, 0) is 16.1 Å². The predicted octanol–water partition coefficient (Wildman–Crippen LogP) is 3.91. The molecule has 164 valence electrons. The van der Waals surface area contributed by atoms with Gasteiger partial charge in [0.1, 0.15) is 24.0 Å². The van der Waals surface area contributed by atoms with Gasteiger partial charge >= 0.3 is 5.97 Å². The Labute approximate surface area is 184 Å². The van der Waals surface area contributed by atoms with Crippen LogP contribution in [0.3, 0.4) is 0 Å². The van der Waals surface area contributed by atoms with Gasteiger partial charge in [-0.2, -0.15) is 0 Å². The van der Waals surface area contributed by atoms with Crippen LogP contribution in [0.2, 0.25) is 0 Å². The van der Waals surface area contributed by atoms with Gasteiger partial charge in [0.25, 0.3) is 0 Å². The quantitative estimate of drug-likeness (QED) is 0.484. The van der Waals surface area contributed by atoms with Crippen molar-refractivity contribution < 1.29 is 34.3 Å². The molecule has 0 amide bonds. The second kappa shape index (κ2) is 9.03. The van der Waals surface area contributed by atoms with Crippen molar-refractivity contribution in [2.75, 3.05) is 7.11 Å². The third-order valence-corrected chi connectivity index (χ3v) is 5.19. The molecule has 7 nitrogen and oxygen atoms in total. The first kappa shape index (κ1) is 21.3. The first-order chi connectivity index (χ1) is 15.5. The molecule has 0 aliphatic carbocycles. The summed E-state index contributed by atoms with van der Waals surface area (Å²) in [4.78, 5) is 12.5. The average Bonchev–Trinajstić information content (AvgIpc) is 3.12. The number of hydrogen-bond acceptors (Lipinski definition) is 7. The highest BCUT2D eigenvalue weighted by Gasteiger charge is 2.42. The number of rotatable bonds is 7. The van der Waals surface area contributed by atoms with Gasteiger partial charge in [0.2, 0.25) is 0 Å². The second-order valence-corrected chi connectivity index (χ2v) is 7.20. The van der Waals surface area contributed by atoms with Gasteiger partial charge in [-0.15, -0.1) is 0 Å². The molecule has 0 aromatic heterocycles. The summed E-state index contributed by atoms with van der Waals surface area (Å²) in [5.74, 6) is -1.14. The van der Waals surface area contributed by atoms with Crippen molar-refractivity contribution in [3.05, 3.63) is 95.2 Å². The molecule has 0 saturated carbocycles. The molecule has 1 aliphatic heterocycles. The minimum atomic E-state index is -1.61. The Morgan fingerprint density at radius 2 is 1.62 bits per heavy atom. The molecule has 0 radical (unpaired) electrons. The van der Waals surface area contributed by atoms with E-state index < -0.39 is 23.9 Å². The lowest BCUT2D eigenvalue weighted by atomic mass is 9.98. The van der Waals surface area contributed by atoms with Gasteiger partial charge in [-0.05, 0) is 23.3 Å². The van der Waals surface area contributed by atoms with Gasteiger partial charge in [0.05, 0.1) is 12.7 Å². The first-order valence-corrected chi connectivity index (χ1v) is 9.95. The molecule has 2 atom stereocenters. The molecule has 2 unspecified atom stereocenters. The van der Waals surface area contributed by atoms with E-state index in [9.17, 15) is 20.1 Å². The highest BCUT2D eigenvalue weighted by Crippen LogP contribution is 2.45. The highest BCUT2D eigenvalue weighted by atomic mass is 16.6. The number of aliphatic hydroxyl groups excluding tert-OH is 2. The van der Waals surface area contributed by atoms with Crippen LogP contribution < -0.4 is 9.47 Å². The van der Waals surface area contributed by atoms with Crippen molar-refractivity contribution in [3.8, 4) is 17.2 Å². The second-order valence-electron chi connectivity index (χ2n) is 7.20. The van der Waals surface area contributed by atoms with E-state index in [1.165, 1.54) is 19.2 Å². The number of cyclic esters (lactones) is 1. The van der Waals surface area contributed by atoms with E-state index in [0.717, 1.165) is 5.56 Å². The summed E-state index contributed by atoms with van der Waals surface area (Å²) in [6.45, 7) is 0.141. The first-order valence-electron chi connectivity index (χ1n) is 9.95. The van der Waals surface area contributed by atoms with Gasteiger partial charge in [-0.25, -0.2) is 4.79 Å². The number of esters is 1. The molecule has 0 fully saturated rings. The fraction of sp³-hybridized carbons (Fsp3) is 0.160. The Hall–Kier alpha value is -3.97. The fourth-order valence-electron chi connectivity index (χ4n) is 3.61. The normalized spacial score (nSPS) is 16.6. The third-order valence-electron chi connectivity index (χ3n) is 5.19. The van der Waals surface area contributed by atoms with E-state index in [-0.39, 0.29) is 35.0 Å². The maximum Gasteiger partial charge on any atom is 0.343 e. The van der Waals surface area contributed by atoms with E-state index in [1.807, 2.05) is 30.3 Å². The van der Waals surface area contributed by atoms with Gasteiger partial charge in [-0.1, -0.05) is 60.7 Å². The molecule has 1 aliphatic rings. The monoisotopic (exact) mass is 434 g/mol. The maximum absolute atomic E-state index is 12.5. The van der Waals surface area contributed by atoms with Crippen LogP contribution in [0, 0.1) is 0 Å². The summed E-state index contributed by atoms with van der Waals surface area (Å²) < 4.78 is 16.5. The number of phenolic OH excluding ortho intramolecular Hbond substituents is 1. The number of ether oxygens (including phenoxy) is 3. The lowest BCUT2D eigenvalue weighted by Crippen LogP contribution is -2.22. The Bertz CT molecular complexity index is 1140. The van der Waals surface area contributed by atoms with Crippen molar-refractivity contribution in [3.63, 3.8) is 0 Å². The van der Waals surface area contributed by atoms with Crippen molar-refractivity contribution in [2.45, 2.75) is 18.8 Å². The SMILES string of the molecule is COc1ccc(O)c(C(O)C2OC(=O)C(c3ccccc3)=C2O)c1OCc1ccccc1. The topological polar surface area (TPSA) is 105 Å². The molecular formula is C25H22O7. The smallest absolute Gasteiger partial charge is 0.343 e. The fourth-order valence-corrected chi connectivity index (χ4v) is 3.61. The maximum atomic E-state index is 12.5. The van der Waals surface area contributed by atoms with Crippen molar-refractivity contribution >= 4 is 11.5 Å². The Morgan fingerprint density at radius 1 is 0.969 bits per heavy atom. The zero-order chi connectivity index (χ0) is 22.7. The lowest BCUT2D eigenvalue weighted by molar-refractivity contribution is -0.143. The number of methoxy groups -OCH3 is 1. The average molecular weight is 434 g/mol. The van der Waals surface area contributed by atoms with Crippen LogP contribution >= 0.6 is 0 Å². The number of aromatic hydroxyl groups is 1. The van der Waals surface area contributed by atoms with E-state index >= 15 is 0 Å². The molecule has 32 heavy (non-hydrogen) atoms. The van der Waals surface area contributed by atoms with Crippen molar-refractivity contribution in [2.24, 2.45) is 0 Å². The molecule has 1 heterocycles. The van der Waals surface area contributed by atoms with Crippen LogP contribution in [0.4, 0.5) is 0 Å². The van der Waals surface area contributed by atoms with E-state index in [0.29, 0.717) is 5.56 Å². The lowest BCUT2D eigenvalue weighted by Gasteiger charge is -2.23. The molecule has 3 aromatic rings. The molecule has 4 rings (SSSR count).